The van der Waals surface area contributed by atoms with Gasteiger partial charge in [0.25, 0.3) is 0 Å². The van der Waals surface area contributed by atoms with E-state index in [9.17, 15) is 0 Å². The second-order valence-electron chi connectivity index (χ2n) is 8.82. The van der Waals surface area contributed by atoms with Crippen LogP contribution in [0.1, 0.15) is 33.4 Å². The van der Waals surface area contributed by atoms with Crippen LogP contribution in [0.5, 0.6) is 0 Å². The fourth-order valence-electron chi connectivity index (χ4n) is 4.65. The molecule has 0 saturated heterocycles. The first kappa shape index (κ1) is 19.5. The summed E-state index contributed by atoms with van der Waals surface area (Å²) in [6, 6.07) is 29.2. The average Bonchev–Trinajstić information content (AvgIpc) is 3.44. The number of rotatable bonds is 4. The Morgan fingerprint density at radius 3 is 1.39 bits per heavy atom. The van der Waals surface area contributed by atoms with Gasteiger partial charge in [0.05, 0.1) is 22.8 Å². The quantitative estimate of drug-likeness (QED) is 0.403. The van der Waals surface area contributed by atoms with Gasteiger partial charge in [-0.25, -0.2) is 0 Å². The van der Waals surface area contributed by atoms with Crippen molar-refractivity contribution in [2.24, 2.45) is 9.98 Å². The topological polar surface area (TPSA) is 76.8 Å². The lowest BCUT2D eigenvalue weighted by molar-refractivity contribution is 1.17. The van der Waals surface area contributed by atoms with Crippen LogP contribution in [0.3, 0.4) is 0 Å². The summed E-state index contributed by atoms with van der Waals surface area (Å²) in [6.45, 7) is 0. The molecule has 0 spiro atoms. The van der Waals surface area contributed by atoms with E-state index in [-0.39, 0.29) is 0 Å². The molecule has 0 fully saturated rings. The summed E-state index contributed by atoms with van der Waals surface area (Å²) < 4.78 is 0. The average molecular weight is 429 g/mol. The molecule has 4 heteroatoms. The van der Waals surface area contributed by atoms with Crippen LogP contribution in [0.25, 0.3) is 0 Å². The van der Waals surface area contributed by atoms with E-state index in [0.29, 0.717) is 0 Å². The van der Waals surface area contributed by atoms with E-state index in [2.05, 4.69) is 36.4 Å². The van der Waals surface area contributed by atoms with Crippen LogP contribution in [-0.2, 0) is 19.3 Å². The zero-order chi connectivity index (χ0) is 22.4. The Kier molecular flexibility index (Phi) is 4.58. The van der Waals surface area contributed by atoms with Gasteiger partial charge in [-0.3, -0.25) is 9.98 Å². The van der Waals surface area contributed by atoms with Crippen LogP contribution in [0.2, 0.25) is 0 Å². The van der Waals surface area contributed by atoms with Crippen LogP contribution in [0.4, 0.5) is 22.7 Å². The largest absolute Gasteiger partial charge is 0.399 e. The van der Waals surface area contributed by atoms with Gasteiger partial charge in [0.2, 0.25) is 0 Å². The Morgan fingerprint density at radius 1 is 0.545 bits per heavy atom. The Bertz CT molecular complexity index is 1320. The highest BCUT2D eigenvalue weighted by atomic mass is 14.8. The summed E-state index contributed by atoms with van der Waals surface area (Å²) in [7, 11) is 0. The fraction of sp³-hybridized carbons (Fsp3) is 0.103. The smallest absolute Gasteiger partial charge is 0.0669 e. The van der Waals surface area contributed by atoms with Crippen molar-refractivity contribution in [2.45, 2.75) is 19.3 Å². The summed E-state index contributed by atoms with van der Waals surface area (Å²) in [5.41, 5.74) is 25.0. The number of nitrogens with zero attached hydrogens (tertiary/aromatic N) is 2. The molecule has 0 atom stereocenters. The molecule has 4 nitrogen and oxygen atoms in total. The SMILES string of the molecule is Nc1ccc(C2=Nc3ccc(Cc4ccc5c(c4)CC(c4ccc(N)cc4)=N5)cc3C2)cc1. The first-order valence-corrected chi connectivity index (χ1v) is 11.2. The second-order valence-corrected chi connectivity index (χ2v) is 8.82. The molecule has 2 aliphatic rings. The lowest BCUT2D eigenvalue weighted by atomic mass is 9.97. The van der Waals surface area contributed by atoms with Crippen LogP contribution in [-0.4, -0.2) is 11.4 Å². The van der Waals surface area contributed by atoms with Crippen molar-refractivity contribution >= 4 is 34.2 Å². The predicted octanol–water partition coefficient (Wildman–Crippen LogP) is 5.80. The van der Waals surface area contributed by atoms with Gasteiger partial charge in [-0.2, -0.15) is 0 Å². The molecule has 160 valence electrons. The Hall–Kier alpha value is -4.18. The zero-order valence-electron chi connectivity index (χ0n) is 18.3. The van der Waals surface area contributed by atoms with Crippen LogP contribution < -0.4 is 11.5 Å². The van der Waals surface area contributed by atoms with Gasteiger partial charge in [0.15, 0.2) is 0 Å². The van der Waals surface area contributed by atoms with Gasteiger partial charge in [-0.15, -0.1) is 0 Å². The number of aliphatic imine (C=N–C) groups is 2. The summed E-state index contributed by atoms with van der Waals surface area (Å²) in [4.78, 5) is 9.68. The molecule has 4 aromatic carbocycles. The molecule has 0 bridgehead atoms. The molecular weight excluding hydrogens is 404 g/mol. The van der Waals surface area contributed by atoms with Crippen LogP contribution in [0, 0.1) is 0 Å². The lowest BCUT2D eigenvalue weighted by Gasteiger charge is -2.07. The maximum Gasteiger partial charge on any atom is 0.0669 e. The van der Waals surface area contributed by atoms with Gasteiger partial charge in [-0.1, -0.05) is 48.5 Å². The molecule has 6 rings (SSSR count). The summed E-state index contributed by atoms with van der Waals surface area (Å²) in [5.74, 6) is 0. The lowest BCUT2D eigenvalue weighted by Crippen LogP contribution is -2.01. The molecule has 0 amide bonds. The maximum atomic E-state index is 5.83. The molecule has 4 N–H and O–H groups in total. The van der Waals surface area contributed by atoms with Gasteiger partial charge >= 0.3 is 0 Å². The molecule has 2 aliphatic heterocycles. The van der Waals surface area contributed by atoms with E-state index in [0.717, 1.165) is 64.6 Å². The molecule has 2 heterocycles. The van der Waals surface area contributed by atoms with E-state index < -0.39 is 0 Å². The first-order chi connectivity index (χ1) is 16.1. The molecule has 33 heavy (non-hydrogen) atoms. The molecular formula is C29H24N4. The van der Waals surface area contributed by atoms with E-state index in [4.69, 9.17) is 21.5 Å². The number of benzene rings is 4. The monoisotopic (exact) mass is 428 g/mol. The van der Waals surface area contributed by atoms with Gasteiger partial charge in [-0.05, 0) is 76.2 Å². The van der Waals surface area contributed by atoms with Crippen molar-refractivity contribution in [3.8, 4) is 0 Å². The third-order valence-electron chi connectivity index (χ3n) is 6.41. The van der Waals surface area contributed by atoms with Crippen molar-refractivity contribution in [1.82, 2.24) is 0 Å². The zero-order valence-corrected chi connectivity index (χ0v) is 18.3. The number of hydrogen-bond donors (Lipinski definition) is 2. The number of anilines is 2. The van der Waals surface area contributed by atoms with E-state index in [1.165, 1.54) is 22.3 Å². The first-order valence-electron chi connectivity index (χ1n) is 11.2. The van der Waals surface area contributed by atoms with Crippen LogP contribution in [0.15, 0.2) is 94.9 Å². The minimum Gasteiger partial charge on any atom is -0.399 e. The van der Waals surface area contributed by atoms with E-state index in [1.807, 2.05) is 48.5 Å². The molecule has 0 aliphatic carbocycles. The van der Waals surface area contributed by atoms with Gasteiger partial charge < -0.3 is 11.5 Å². The molecule has 0 unspecified atom stereocenters. The minimum atomic E-state index is 0.775. The van der Waals surface area contributed by atoms with Gasteiger partial charge in [0.1, 0.15) is 0 Å². The highest BCUT2D eigenvalue weighted by molar-refractivity contribution is 6.07. The van der Waals surface area contributed by atoms with Crippen molar-refractivity contribution in [2.75, 3.05) is 11.5 Å². The second kappa shape index (κ2) is 7.75. The van der Waals surface area contributed by atoms with Crippen molar-refractivity contribution < 1.29 is 0 Å². The Morgan fingerprint density at radius 2 is 0.970 bits per heavy atom. The third-order valence-corrected chi connectivity index (χ3v) is 6.41. The summed E-state index contributed by atoms with van der Waals surface area (Å²) >= 11 is 0. The number of nitrogens with two attached hydrogens (primary N) is 2. The summed E-state index contributed by atoms with van der Waals surface area (Å²) in [6.07, 6.45) is 2.61. The minimum absolute atomic E-state index is 0.775. The van der Waals surface area contributed by atoms with Crippen molar-refractivity contribution in [3.05, 3.63) is 118 Å². The fourth-order valence-corrected chi connectivity index (χ4v) is 4.65. The predicted molar refractivity (Wildman–Crippen MR) is 137 cm³/mol. The number of fused-ring (bicyclic) bond motifs is 2. The van der Waals surface area contributed by atoms with E-state index in [1.54, 1.807) is 0 Å². The molecule has 0 radical (unpaired) electrons. The highest BCUT2D eigenvalue weighted by Crippen LogP contribution is 2.33. The highest BCUT2D eigenvalue weighted by Gasteiger charge is 2.18. The standard InChI is InChI=1S/C29H24N4/c30-24-7-3-20(4-8-24)28-16-22-14-18(1-11-26(22)32-28)13-19-2-12-27-23(15-19)17-29(33-27)21-5-9-25(31)10-6-21/h1-12,14-15H,13,16-17,30-31H2. The van der Waals surface area contributed by atoms with Crippen LogP contribution >= 0.6 is 0 Å². The van der Waals surface area contributed by atoms with Gasteiger partial charge in [0, 0.05) is 24.2 Å². The molecule has 4 aromatic rings. The summed E-state index contributed by atoms with van der Waals surface area (Å²) in [5, 5.41) is 0. The molecule has 0 saturated carbocycles. The molecule has 0 aromatic heterocycles. The number of nitrogen functional groups attached to an aromatic ring is 2. The third kappa shape index (κ3) is 3.80. The van der Waals surface area contributed by atoms with Crippen molar-refractivity contribution in [3.63, 3.8) is 0 Å². The Balaban J connectivity index is 1.17. The Labute approximate surface area is 193 Å². The number of hydrogen-bond acceptors (Lipinski definition) is 4. The normalized spacial score (nSPS) is 13.9. The van der Waals surface area contributed by atoms with Crippen molar-refractivity contribution in [1.29, 1.82) is 0 Å². The maximum absolute atomic E-state index is 5.83. The van der Waals surface area contributed by atoms with E-state index >= 15 is 0 Å².